The average Bonchev–Trinajstić information content (AvgIpc) is 2.13. The topological polar surface area (TPSA) is 92.4 Å². The molecule has 0 aromatic carbocycles. The van der Waals surface area contributed by atoms with E-state index in [9.17, 15) is 18.0 Å². The van der Waals surface area contributed by atoms with Gasteiger partial charge in [0.05, 0.1) is 0 Å². The Morgan fingerprint density at radius 1 is 1.50 bits per heavy atom. The maximum atomic E-state index is 10.6. The first-order valence-electron chi connectivity index (χ1n) is 3.70. The Hall–Kier alpha value is -2.06. The monoisotopic (exact) mass is 240 g/mol. The number of hydrogen-bond donors (Lipinski definition) is 2. The molecule has 2 N–H and O–H groups in total. The molecular weight excluding hydrogens is 233 g/mol. The van der Waals surface area contributed by atoms with Crippen molar-refractivity contribution in [3.05, 3.63) is 28.4 Å². The Bertz CT molecular complexity index is 426. The van der Waals surface area contributed by atoms with E-state index in [0.29, 0.717) is 10.6 Å². The van der Waals surface area contributed by atoms with Gasteiger partial charge in [-0.15, -0.1) is 4.73 Å². The fraction of sp³-hybridized carbons (Fsp3) is 0.286. The molecule has 0 amide bonds. The van der Waals surface area contributed by atoms with E-state index in [1.807, 2.05) is 0 Å². The average molecular weight is 240 g/mol. The zero-order valence-corrected chi connectivity index (χ0v) is 7.89. The van der Waals surface area contributed by atoms with Crippen molar-refractivity contribution >= 4 is 5.97 Å². The molecule has 0 spiro atoms. The SMILES string of the molecule is Cc1nccc(=O)n1O.O=C(O)C(F)(F)F. The van der Waals surface area contributed by atoms with Gasteiger partial charge in [0, 0.05) is 12.3 Å². The fourth-order valence-electron chi connectivity index (χ4n) is 0.494. The summed E-state index contributed by atoms with van der Waals surface area (Å²) in [6.45, 7) is 1.54. The zero-order valence-electron chi connectivity index (χ0n) is 7.89. The maximum Gasteiger partial charge on any atom is 0.490 e. The summed E-state index contributed by atoms with van der Waals surface area (Å²) in [6.07, 6.45) is -3.73. The van der Waals surface area contributed by atoms with Gasteiger partial charge in [0.2, 0.25) is 0 Å². The summed E-state index contributed by atoms with van der Waals surface area (Å²) in [5.41, 5.74) is -0.456. The third-order valence-corrected chi connectivity index (χ3v) is 1.24. The van der Waals surface area contributed by atoms with Crippen LogP contribution in [-0.2, 0) is 4.79 Å². The van der Waals surface area contributed by atoms with E-state index < -0.39 is 17.7 Å². The van der Waals surface area contributed by atoms with E-state index >= 15 is 0 Å². The standard InChI is InChI=1S/C5H6N2O2.C2HF3O2/c1-4-6-3-2-5(8)7(4)9;3-2(4,5)1(6)7/h2-3,9H,1H3;(H,6,7). The van der Waals surface area contributed by atoms with Crippen LogP contribution in [0.4, 0.5) is 13.2 Å². The third-order valence-electron chi connectivity index (χ3n) is 1.24. The first-order chi connectivity index (χ1) is 7.16. The minimum atomic E-state index is -5.08. The Morgan fingerprint density at radius 2 is 1.94 bits per heavy atom. The van der Waals surface area contributed by atoms with Gasteiger partial charge in [0.15, 0.2) is 0 Å². The van der Waals surface area contributed by atoms with Crippen molar-refractivity contribution < 1.29 is 28.3 Å². The molecule has 0 atom stereocenters. The highest BCUT2D eigenvalue weighted by atomic mass is 19.4. The molecule has 0 radical (unpaired) electrons. The van der Waals surface area contributed by atoms with E-state index in [1.165, 1.54) is 12.3 Å². The number of carboxylic acid groups (broad SMARTS) is 1. The second-order valence-corrected chi connectivity index (χ2v) is 2.45. The maximum absolute atomic E-state index is 10.6. The highest BCUT2D eigenvalue weighted by Gasteiger charge is 2.38. The molecule has 1 aromatic rings. The molecule has 1 heterocycles. The first-order valence-corrected chi connectivity index (χ1v) is 3.70. The lowest BCUT2D eigenvalue weighted by molar-refractivity contribution is -0.192. The van der Waals surface area contributed by atoms with Gasteiger partial charge in [0.25, 0.3) is 5.56 Å². The van der Waals surface area contributed by atoms with Crippen LogP contribution in [0.2, 0.25) is 0 Å². The second kappa shape index (κ2) is 5.14. The molecule has 1 aromatic heterocycles. The Kier molecular flexibility index (Phi) is 4.48. The van der Waals surface area contributed by atoms with Crippen LogP contribution in [0.1, 0.15) is 5.82 Å². The number of aryl methyl sites for hydroxylation is 1. The molecule has 90 valence electrons. The van der Waals surface area contributed by atoms with Crippen LogP contribution < -0.4 is 5.56 Å². The van der Waals surface area contributed by atoms with Crippen LogP contribution in [0.15, 0.2) is 17.1 Å². The van der Waals surface area contributed by atoms with Crippen LogP contribution >= 0.6 is 0 Å². The van der Waals surface area contributed by atoms with Gasteiger partial charge in [-0.05, 0) is 6.92 Å². The van der Waals surface area contributed by atoms with Crippen molar-refractivity contribution in [2.75, 3.05) is 0 Å². The van der Waals surface area contributed by atoms with Gasteiger partial charge in [-0.25, -0.2) is 9.78 Å². The highest BCUT2D eigenvalue weighted by molar-refractivity contribution is 5.73. The normalized spacial score (nSPS) is 10.2. The number of carboxylic acids is 1. The van der Waals surface area contributed by atoms with Gasteiger partial charge in [-0.3, -0.25) is 4.79 Å². The van der Waals surface area contributed by atoms with E-state index in [-0.39, 0.29) is 0 Å². The van der Waals surface area contributed by atoms with Crippen LogP contribution in [-0.4, -0.2) is 32.2 Å². The number of nitrogens with zero attached hydrogens (tertiary/aromatic N) is 2. The fourth-order valence-corrected chi connectivity index (χ4v) is 0.494. The van der Waals surface area contributed by atoms with Crippen molar-refractivity contribution in [1.29, 1.82) is 0 Å². The molecule has 0 saturated heterocycles. The smallest absolute Gasteiger partial charge is 0.475 e. The lowest BCUT2D eigenvalue weighted by Crippen LogP contribution is -2.21. The Labute approximate surface area is 86.5 Å². The molecule has 16 heavy (non-hydrogen) atoms. The zero-order chi connectivity index (χ0) is 12.9. The third kappa shape index (κ3) is 4.44. The molecule has 0 unspecified atom stereocenters. The summed E-state index contributed by atoms with van der Waals surface area (Å²) in [5, 5.41) is 15.9. The molecule has 0 aliphatic rings. The van der Waals surface area contributed by atoms with Gasteiger partial charge in [0.1, 0.15) is 5.82 Å². The summed E-state index contributed by atoms with van der Waals surface area (Å²) < 4.78 is 32.2. The summed E-state index contributed by atoms with van der Waals surface area (Å²) in [5.74, 6) is -2.46. The molecule has 0 saturated carbocycles. The number of halogens is 3. The number of rotatable bonds is 0. The summed E-state index contributed by atoms with van der Waals surface area (Å²) in [6, 6.07) is 1.19. The van der Waals surface area contributed by atoms with Crippen LogP contribution in [0.5, 0.6) is 0 Å². The van der Waals surface area contributed by atoms with E-state index in [1.54, 1.807) is 6.92 Å². The summed E-state index contributed by atoms with van der Waals surface area (Å²) in [4.78, 5) is 23.1. The molecule has 0 fully saturated rings. The second-order valence-electron chi connectivity index (χ2n) is 2.45. The molecule has 0 aliphatic heterocycles. The summed E-state index contributed by atoms with van der Waals surface area (Å²) in [7, 11) is 0. The lowest BCUT2D eigenvalue weighted by Gasteiger charge is -1.95. The van der Waals surface area contributed by atoms with Crippen LogP contribution in [0, 0.1) is 6.92 Å². The van der Waals surface area contributed by atoms with Gasteiger partial charge in [-0.2, -0.15) is 13.2 Å². The van der Waals surface area contributed by atoms with Crippen LogP contribution in [0.3, 0.4) is 0 Å². The van der Waals surface area contributed by atoms with Crippen molar-refractivity contribution in [1.82, 2.24) is 9.71 Å². The molecule has 1 rings (SSSR count). The van der Waals surface area contributed by atoms with Crippen molar-refractivity contribution in [2.24, 2.45) is 0 Å². The number of aliphatic carboxylic acids is 1. The Morgan fingerprint density at radius 3 is 2.19 bits per heavy atom. The number of carbonyl (C=O) groups is 1. The minimum Gasteiger partial charge on any atom is -0.475 e. The number of aromatic nitrogens is 2. The van der Waals surface area contributed by atoms with E-state index in [0.717, 1.165) is 0 Å². The molecular formula is C7H7F3N2O4. The predicted molar refractivity (Wildman–Crippen MR) is 44.1 cm³/mol. The minimum absolute atomic E-state index is 0.294. The quantitative estimate of drug-likeness (QED) is 0.641. The van der Waals surface area contributed by atoms with Gasteiger partial charge >= 0.3 is 12.1 Å². The Balaban J connectivity index is 0.000000293. The molecule has 0 aliphatic carbocycles. The van der Waals surface area contributed by atoms with Crippen molar-refractivity contribution in [2.45, 2.75) is 13.1 Å². The number of hydrogen-bond acceptors (Lipinski definition) is 4. The molecule has 9 heteroatoms. The summed E-state index contributed by atoms with van der Waals surface area (Å²) >= 11 is 0. The number of alkyl halides is 3. The first kappa shape index (κ1) is 13.9. The largest absolute Gasteiger partial charge is 0.490 e. The molecule has 0 bridgehead atoms. The highest BCUT2D eigenvalue weighted by Crippen LogP contribution is 2.13. The van der Waals surface area contributed by atoms with Gasteiger partial charge < -0.3 is 10.3 Å². The van der Waals surface area contributed by atoms with Crippen molar-refractivity contribution in [3.63, 3.8) is 0 Å². The lowest BCUT2D eigenvalue weighted by atomic mass is 10.6. The predicted octanol–water partition coefficient (Wildman–Crippen LogP) is 0.422. The van der Waals surface area contributed by atoms with Crippen molar-refractivity contribution in [3.8, 4) is 0 Å². The van der Waals surface area contributed by atoms with Gasteiger partial charge in [-0.1, -0.05) is 0 Å². The van der Waals surface area contributed by atoms with E-state index in [2.05, 4.69) is 4.98 Å². The molecule has 6 nitrogen and oxygen atoms in total. The van der Waals surface area contributed by atoms with E-state index in [4.69, 9.17) is 15.1 Å². The van der Waals surface area contributed by atoms with Crippen LogP contribution in [0.25, 0.3) is 0 Å².